The van der Waals surface area contributed by atoms with Gasteiger partial charge < -0.3 is 10.1 Å². The molecule has 0 aliphatic heterocycles. The van der Waals surface area contributed by atoms with Crippen LogP contribution < -0.4 is 10.1 Å². The first kappa shape index (κ1) is 17.9. The number of anilines is 1. The van der Waals surface area contributed by atoms with E-state index in [1.165, 1.54) is 0 Å². The summed E-state index contributed by atoms with van der Waals surface area (Å²) >= 11 is 0. The van der Waals surface area contributed by atoms with Crippen molar-refractivity contribution < 1.29 is 9.53 Å². The molecule has 0 aliphatic carbocycles. The molecule has 26 heavy (non-hydrogen) atoms. The first-order chi connectivity index (χ1) is 12.5. The number of nitrogens with one attached hydrogen (secondary N) is 1. The lowest BCUT2D eigenvalue weighted by atomic mass is 9.92. The van der Waals surface area contributed by atoms with Crippen molar-refractivity contribution in [3.8, 4) is 6.01 Å². The molecule has 0 aliphatic rings. The highest BCUT2D eigenvalue weighted by molar-refractivity contribution is 5.93. The largest absolute Gasteiger partial charge is 0.453 e. The fraction of sp³-hybridized carbons (Fsp3) is 0.350. The maximum atomic E-state index is 12.5. The molecule has 0 atom stereocenters. The highest BCUT2D eigenvalue weighted by atomic mass is 16.5. The standard InChI is InChI=1S/C20H24N4O2/c1-13(2)15-8-7-9-16(14(3)4)19(15)21-18(25)12-26-20-23-22-17-10-5-6-11-24(17)20/h5-11,13-14H,12H2,1-4H3,(H,21,25). The Morgan fingerprint density at radius 1 is 1.04 bits per heavy atom. The average Bonchev–Trinajstić information content (AvgIpc) is 3.03. The minimum absolute atomic E-state index is 0.125. The molecule has 3 aromatic rings. The maximum Gasteiger partial charge on any atom is 0.322 e. The number of aromatic nitrogens is 3. The van der Waals surface area contributed by atoms with Crippen LogP contribution in [-0.2, 0) is 4.79 Å². The number of nitrogens with zero attached hydrogens (tertiary/aromatic N) is 3. The minimum atomic E-state index is -0.215. The Hall–Kier alpha value is -2.89. The topological polar surface area (TPSA) is 68.5 Å². The van der Waals surface area contributed by atoms with Crippen molar-refractivity contribution >= 4 is 17.2 Å². The number of ether oxygens (including phenoxy) is 1. The van der Waals surface area contributed by atoms with Crippen LogP contribution in [0, 0.1) is 0 Å². The molecule has 1 amide bonds. The fourth-order valence-electron chi connectivity index (χ4n) is 2.92. The molecular weight excluding hydrogens is 328 g/mol. The lowest BCUT2D eigenvalue weighted by Gasteiger charge is -2.20. The molecule has 3 rings (SSSR count). The van der Waals surface area contributed by atoms with Crippen LogP contribution >= 0.6 is 0 Å². The summed E-state index contributed by atoms with van der Waals surface area (Å²) in [6.07, 6.45) is 1.80. The molecule has 0 spiro atoms. The van der Waals surface area contributed by atoms with E-state index in [2.05, 4.69) is 55.3 Å². The number of benzene rings is 1. The quantitative estimate of drug-likeness (QED) is 0.728. The summed E-state index contributed by atoms with van der Waals surface area (Å²) in [5.74, 6) is 0.406. The van der Waals surface area contributed by atoms with Crippen LogP contribution in [0.3, 0.4) is 0 Å². The molecule has 1 N–H and O–H groups in total. The summed E-state index contributed by atoms with van der Waals surface area (Å²) in [4.78, 5) is 12.5. The van der Waals surface area contributed by atoms with E-state index in [0.717, 1.165) is 16.8 Å². The summed E-state index contributed by atoms with van der Waals surface area (Å²) in [6.45, 7) is 8.35. The van der Waals surface area contributed by atoms with Crippen molar-refractivity contribution in [3.63, 3.8) is 0 Å². The number of fused-ring (bicyclic) bond motifs is 1. The zero-order valence-electron chi connectivity index (χ0n) is 15.6. The second-order valence-electron chi connectivity index (χ2n) is 6.87. The van der Waals surface area contributed by atoms with Crippen molar-refractivity contribution in [3.05, 3.63) is 53.7 Å². The van der Waals surface area contributed by atoms with Crippen LogP contribution in [0.2, 0.25) is 0 Å². The molecule has 0 bridgehead atoms. The number of rotatable bonds is 6. The Labute approximate surface area is 153 Å². The van der Waals surface area contributed by atoms with Gasteiger partial charge in [-0.05, 0) is 35.1 Å². The smallest absolute Gasteiger partial charge is 0.322 e. The molecule has 2 heterocycles. The molecular formula is C20H24N4O2. The van der Waals surface area contributed by atoms with Crippen molar-refractivity contribution in [2.45, 2.75) is 39.5 Å². The van der Waals surface area contributed by atoms with Gasteiger partial charge in [-0.15, -0.1) is 5.10 Å². The van der Waals surface area contributed by atoms with Crippen LogP contribution in [0.25, 0.3) is 5.65 Å². The van der Waals surface area contributed by atoms with Gasteiger partial charge in [0.2, 0.25) is 0 Å². The van der Waals surface area contributed by atoms with Gasteiger partial charge in [0.1, 0.15) is 0 Å². The van der Waals surface area contributed by atoms with Gasteiger partial charge in [0.15, 0.2) is 12.3 Å². The van der Waals surface area contributed by atoms with Crippen molar-refractivity contribution in [1.82, 2.24) is 14.6 Å². The van der Waals surface area contributed by atoms with Crippen LogP contribution in [0.5, 0.6) is 6.01 Å². The number of pyridine rings is 1. The Bertz CT molecular complexity index is 889. The third-order valence-electron chi connectivity index (χ3n) is 4.25. The lowest BCUT2D eigenvalue weighted by Crippen LogP contribution is -2.22. The van der Waals surface area contributed by atoms with Gasteiger partial charge in [0.05, 0.1) is 0 Å². The second-order valence-corrected chi connectivity index (χ2v) is 6.87. The summed E-state index contributed by atoms with van der Waals surface area (Å²) < 4.78 is 7.27. The van der Waals surface area contributed by atoms with Gasteiger partial charge in [-0.1, -0.05) is 57.1 Å². The van der Waals surface area contributed by atoms with Gasteiger partial charge in [-0.3, -0.25) is 9.20 Å². The van der Waals surface area contributed by atoms with Crippen molar-refractivity contribution in [1.29, 1.82) is 0 Å². The predicted molar refractivity (Wildman–Crippen MR) is 102 cm³/mol. The molecule has 0 fully saturated rings. The Morgan fingerprint density at radius 2 is 1.73 bits per heavy atom. The van der Waals surface area contributed by atoms with Crippen molar-refractivity contribution in [2.75, 3.05) is 11.9 Å². The van der Waals surface area contributed by atoms with E-state index in [1.54, 1.807) is 10.6 Å². The van der Waals surface area contributed by atoms with E-state index in [-0.39, 0.29) is 12.5 Å². The highest BCUT2D eigenvalue weighted by Gasteiger charge is 2.17. The first-order valence-electron chi connectivity index (χ1n) is 8.82. The summed E-state index contributed by atoms with van der Waals surface area (Å²) in [5, 5.41) is 11.0. The number of para-hydroxylation sites is 1. The molecule has 0 radical (unpaired) electrons. The first-order valence-corrected chi connectivity index (χ1v) is 8.82. The second kappa shape index (κ2) is 7.56. The summed E-state index contributed by atoms with van der Waals surface area (Å²) in [6, 6.07) is 12.0. The molecule has 6 nitrogen and oxygen atoms in total. The normalized spacial score (nSPS) is 11.3. The number of hydrogen-bond acceptors (Lipinski definition) is 4. The molecule has 136 valence electrons. The minimum Gasteiger partial charge on any atom is -0.453 e. The molecule has 0 saturated carbocycles. The van der Waals surface area contributed by atoms with Gasteiger partial charge in [0, 0.05) is 11.9 Å². The highest BCUT2D eigenvalue weighted by Crippen LogP contribution is 2.32. The summed E-state index contributed by atoms with van der Waals surface area (Å²) in [7, 11) is 0. The van der Waals surface area contributed by atoms with E-state index < -0.39 is 0 Å². The predicted octanol–water partition coefficient (Wildman–Crippen LogP) is 3.99. The van der Waals surface area contributed by atoms with Crippen LogP contribution in [0.15, 0.2) is 42.6 Å². The Balaban J connectivity index is 1.76. The molecule has 6 heteroatoms. The van der Waals surface area contributed by atoms with Gasteiger partial charge in [-0.25, -0.2) is 0 Å². The van der Waals surface area contributed by atoms with E-state index in [4.69, 9.17) is 4.74 Å². The maximum absolute atomic E-state index is 12.5. The average molecular weight is 352 g/mol. The van der Waals surface area contributed by atoms with Crippen molar-refractivity contribution in [2.24, 2.45) is 0 Å². The zero-order valence-corrected chi connectivity index (χ0v) is 15.6. The number of hydrogen-bond donors (Lipinski definition) is 1. The molecule has 0 saturated heterocycles. The molecule has 1 aromatic carbocycles. The Kier molecular flexibility index (Phi) is 5.21. The number of carbonyl (C=O) groups excluding carboxylic acids is 1. The zero-order chi connectivity index (χ0) is 18.7. The van der Waals surface area contributed by atoms with Gasteiger partial charge >= 0.3 is 6.01 Å². The van der Waals surface area contributed by atoms with Crippen LogP contribution in [0.1, 0.15) is 50.7 Å². The van der Waals surface area contributed by atoms with Crippen LogP contribution in [0.4, 0.5) is 5.69 Å². The number of carbonyl (C=O) groups is 1. The van der Waals surface area contributed by atoms with E-state index in [0.29, 0.717) is 23.5 Å². The van der Waals surface area contributed by atoms with Crippen LogP contribution in [-0.4, -0.2) is 27.1 Å². The van der Waals surface area contributed by atoms with E-state index >= 15 is 0 Å². The third-order valence-corrected chi connectivity index (χ3v) is 4.25. The third kappa shape index (κ3) is 3.69. The summed E-state index contributed by atoms with van der Waals surface area (Å²) in [5.41, 5.74) is 3.81. The van der Waals surface area contributed by atoms with Gasteiger partial charge in [0.25, 0.3) is 5.91 Å². The lowest BCUT2D eigenvalue weighted by molar-refractivity contribution is -0.118. The molecule has 0 unspecified atom stereocenters. The SMILES string of the molecule is CC(C)c1cccc(C(C)C)c1NC(=O)COc1nnc2ccccn12. The monoisotopic (exact) mass is 352 g/mol. The number of amides is 1. The van der Waals surface area contributed by atoms with Gasteiger partial charge in [-0.2, -0.15) is 0 Å². The molecule has 2 aromatic heterocycles. The van der Waals surface area contributed by atoms with E-state index in [1.807, 2.05) is 24.3 Å². The fourth-order valence-corrected chi connectivity index (χ4v) is 2.92. The Morgan fingerprint density at radius 3 is 2.38 bits per heavy atom. The van der Waals surface area contributed by atoms with E-state index in [9.17, 15) is 4.79 Å².